The van der Waals surface area contributed by atoms with Gasteiger partial charge in [-0.1, -0.05) is 25.1 Å². The lowest BCUT2D eigenvalue weighted by molar-refractivity contribution is -0.125. The molecule has 2 aromatic carbocycles. The minimum atomic E-state index is -4.47. The second-order valence-corrected chi connectivity index (χ2v) is 14.2. The molecule has 0 saturated carbocycles. The highest BCUT2D eigenvalue weighted by atomic mass is 32.2. The van der Waals surface area contributed by atoms with Crippen LogP contribution in [-0.2, 0) is 20.4 Å². The van der Waals surface area contributed by atoms with E-state index in [0.29, 0.717) is 32.2 Å². The lowest BCUT2D eigenvalue weighted by atomic mass is 9.81. The van der Waals surface area contributed by atoms with Crippen LogP contribution in [0.15, 0.2) is 71.8 Å². The molecule has 3 aliphatic rings. The SMILES string of the molecule is CCOc1ncccc1C1(N(CC)C(=O)N2CCN(C3CCN(CC)CC3)CC2)C(=O)N(S(=O)(=O)c2ccccc2)c2ccc(C#N)cc21. The van der Waals surface area contributed by atoms with Crippen LogP contribution in [0.4, 0.5) is 10.5 Å². The first-order valence-corrected chi connectivity index (χ1v) is 18.5. The lowest BCUT2D eigenvalue weighted by Gasteiger charge is -2.46. The summed E-state index contributed by atoms with van der Waals surface area (Å²) in [6.45, 7) is 11.5. The second-order valence-electron chi connectivity index (χ2n) is 12.4. The van der Waals surface area contributed by atoms with E-state index in [4.69, 9.17) is 4.74 Å². The fourth-order valence-electron chi connectivity index (χ4n) is 7.53. The van der Waals surface area contributed by atoms with E-state index in [9.17, 15) is 18.5 Å². The van der Waals surface area contributed by atoms with Gasteiger partial charge < -0.3 is 19.4 Å². The van der Waals surface area contributed by atoms with Gasteiger partial charge in [0.25, 0.3) is 15.9 Å². The van der Waals surface area contributed by atoms with Gasteiger partial charge in [-0.2, -0.15) is 9.57 Å². The summed E-state index contributed by atoms with van der Waals surface area (Å²) >= 11 is 0. The molecule has 258 valence electrons. The summed E-state index contributed by atoms with van der Waals surface area (Å²) in [6, 6.07) is 17.6. The zero-order chi connectivity index (χ0) is 34.8. The Morgan fingerprint density at radius 2 is 1.69 bits per heavy atom. The third kappa shape index (κ3) is 5.92. The molecule has 0 spiro atoms. The van der Waals surface area contributed by atoms with Gasteiger partial charge in [-0.25, -0.2) is 18.2 Å². The van der Waals surface area contributed by atoms with Crippen molar-refractivity contribution in [2.24, 2.45) is 0 Å². The second kappa shape index (κ2) is 14.2. The molecular weight excluding hydrogens is 643 g/mol. The molecule has 3 aliphatic heterocycles. The Balaban J connectivity index is 1.46. The average Bonchev–Trinajstić information content (AvgIpc) is 3.40. The Morgan fingerprint density at radius 1 is 0.980 bits per heavy atom. The fraction of sp³-hybridized carbons (Fsp3) is 0.444. The first-order valence-electron chi connectivity index (χ1n) is 17.0. The lowest BCUT2D eigenvalue weighted by Crippen LogP contribution is -2.62. The van der Waals surface area contributed by atoms with Gasteiger partial charge >= 0.3 is 6.03 Å². The van der Waals surface area contributed by atoms with E-state index in [1.165, 1.54) is 41.4 Å². The van der Waals surface area contributed by atoms with Crippen molar-refractivity contribution in [1.82, 2.24) is 24.6 Å². The van der Waals surface area contributed by atoms with Gasteiger partial charge in [-0.3, -0.25) is 9.69 Å². The average molecular weight is 686 g/mol. The number of nitriles is 1. The number of benzene rings is 2. The summed E-state index contributed by atoms with van der Waals surface area (Å²) < 4.78 is 35.5. The third-order valence-electron chi connectivity index (χ3n) is 10.0. The fourth-order valence-corrected chi connectivity index (χ4v) is 9.01. The van der Waals surface area contributed by atoms with Crippen LogP contribution >= 0.6 is 0 Å². The number of nitrogens with zero attached hydrogens (tertiary/aromatic N) is 7. The Hall–Kier alpha value is -4.51. The van der Waals surface area contributed by atoms with Crippen LogP contribution in [0.25, 0.3) is 0 Å². The Kier molecular flexibility index (Phi) is 9.92. The number of likely N-dealkylation sites (tertiary alicyclic amines) is 1. The highest BCUT2D eigenvalue weighted by Crippen LogP contribution is 2.52. The number of anilines is 1. The zero-order valence-corrected chi connectivity index (χ0v) is 29.1. The summed E-state index contributed by atoms with van der Waals surface area (Å²) in [4.78, 5) is 42.6. The van der Waals surface area contributed by atoms with Crippen LogP contribution in [0.2, 0.25) is 0 Å². The van der Waals surface area contributed by atoms with E-state index in [2.05, 4.69) is 27.8 Å². The minimum absolute atomic E-state index is 0.0518. The summed E-state index contributed by atoms with van der Waals surface area (Å²) in [7, 11) is -4.47. The van der Waals surface area contributed by atoms with Gasteiger partial charge in [0.1, 0.15) is 0 Å². The maximum absolute atomic E-state index is 15.3. The maximum Gasteiger partial charge on any atom is 0.321 e. The van der Waals surface area contributed by atoms with E-state index in [-0.39, 0.29) is 46.3 Å². The number of carbonyl (C=O) groups is 2. The molecule has 3 amide bonds. The molecule has 2 saturated heterocycles. The normalized spacial score (nSPS) is 20.6. The molecule has 6 rings (SSSR count). The van der Waals surface area contributed by atoms with Crippen molar-refractivity contribution >= 4 is 27.6 Å². The molecule has 0 bridgehead atoms. The smallest absolute Gasteiger partial charge is 0.321 e. The highest BCUT2D eigenvalue weighted by molar-refractivity contribution is 7.93. The molecule has 1 aromatic heterocycles. The first-order chi connectivity index (χ1) is 23.7. The van der Waals surface area contributed by atoms with Crippen LogP contribution in [0.5, 0.6) is 5.88 Å². The molecule has 1 unspecified atom stereocenters. The standard InChI is InChI=1S/C36H43N7O5S/c1-4-39-19-16-28(17-20-39)40-21-23-41(24-22-40)35(45)42(5-2)36(30-13-10-18-38-33(30)48-6-3)31-25-27(26-37)14-15-32(31)43(34(36)44)49(46,47)29-11-8-7-9-12-29/h7-15,18,25,28H,4-6,16-17,19-24H2,1-3H3. The summed E-state index contributed by atoms with van der Waals surface area (Å²) in [5, 5.41) is 9.99. The number of urea groups is 1. The predicted octanol–water partition coefficient (Wildman–Crippen LogP) is 3.87. The topological polar surface area (TPSA) is 130 Å². The summed E-state index contributed by atoms with van der Waals surface area (Å²) in [5.74, 6) is -0.771. The Bertz CT molecular complexity index is 1830. The van der Waals surface area contributed by atoms with E-state index in [1.807, 2.05) is 0 Å². The summed E-state index contributed by atoms with van der Waals surface area (Å²) in [6.07, 6.45) is 3.70. The van der Waals surface area contributed by atoms with Crippen LogP contribution in [0.1, 0.15) is 50.3 Å². The molecule has 4 heterocycles. The van der Waals surface area contributed by atoms with E-state index >= 15 is 4.79 Å². The maximum atomic E-state index is 15.3. The van der Waals surface area contributed by atoms with Gasteiger partial charge in [0.05, 0.1) is 34.4 Å². The number of hydrogen-bond donors (Lipinski definition) is 0. The Morgan fingerprint density at radius 3 is 2.33 bits per heavy atom. The van der Waals surface area contributed by atoms with Crippen LogP contribution in [-0.4, -0.2) is 110 Å². The zero-order valence-electron chi connectivity index (χ0n) is 28.3. The third-order valence-corrected chi connectivity index (χ3v) is 11.7. The molecule has 2 fully saturated rings. The monoisotopic (exact) mass is 685 g/mol. The van der Waals surface area contributed by atoms with Gasteiger partial charge in [-0.05, 0) is 88.8 Å². The minimum Gasteiger partial charge on any atom is -0.478 e. The number of carbonyl (C=O) groups excluding carboxylic acids is 2. The van der Waals surface area contributed by atoms with Crippen molar-refractivity contribution in [2.45, 2.75) is 50.1 Å². The van der Waals surface area contributed by atoms with Gasteiger partial charge in [0, 0.05) is 50.5 Å². The van der Waals surface area contributed by atoms with Crippen molar-refractivity contribution in [3.05, 3.63) is 83.6 Å². The largest absolute Gasteiger partial charge is 0.478 e. The number of piperazine rings is 1. The molecule has 3 aromatic rings. The molecule has 0 radical (unpaired) electrons. The number of ether oxygens (including phenoxy) is 1. The Labute approximate surface area is 288 Å². The number of amides is 3. The van der Waals surface area contributed by atoms with Crippen molar-refractivity contribution in [3.8, 4) is 11.9 Å². The number of pyridine rings is 1. The number of rotatable bonds is 9. The van der Waals surface area contributed by atoms with Crippen LogP contribution < -0.4 is 9.04 Å². The number of sulfonamides is 1. The molecule has 13 heteroatoms. The van der Waals surface area contributed by atoms with Crippen LogP contribution in [0, 0.1) is 11.3 Å². The molecule has 0 N–H and O–H groups in total. The quantitative estimate of drug-likeness (QED) is 0.330. The van der Waals surface area contributed by atoms with Crippen molar-refractivity contribution in [1.29, 1.82) is 5.26 Å². The van der Waals surface area contributed by atoms with Crippen molar-refractivity contribution in [3.63, 3.8) is 0 Å². The van der Waals surface area contributed by atoms with E-state index in [1.54, 1.807) is 49.1 Å². The molecular formula is C36H43N7O5S. The van der Waals surface area contributed by atoms with Gasteiger partial charge in [-0.15, -0.1) is 0 Å². The van der Waals surface area contributed by atoms with Crippen molar-refractivity contribution in [2.75, 3.05) is 63.3 Å². The summed E-state index contributed by atoms with van der Waals surface area (Å²) in [5.41, 5.74) is -1.32. The van der Waals surface area contributed by atoms with E-state index < -0.39 is 27.5 Å². The molecule has 1 atom stereocenters. The number of hydrogen-bond acceptors (Lipinski definition) is 9. The highest BCUT2D eigenvalue weighted by Gasteiger charge is 2.62. The van der Waals surface area contributed by atoms with Crippen molar-refractivity contribution < 1.29 is 22.7 Å². The van der Waals surface area contributed by atoms with Gasteiger partial charge in [0.2, 0.25) is 5.88 Å². The molecule has 0 aliphatic carbocycles. The van der Waals surface area contributed by atoms with E-state index in [0.717, 1.165) is 36.8 Å². The van der Waals surface area contributed by atoms with Gasteiger partial charge in [0.15, 0.2) is 5.54 Å². The number of aromatic nitrogens is 1. The number of fused-ring (bicyclic) bond motifs is 1. The molecule has 49 heavy (non-hydrogen) atoms. The number of likely N-dealkylation sites (N-methyl/N-ethyl adjacent to an activating group) is 1. The molecule has 12 nitrogen and oxygen atoms in total. The predicted molar refractivity (Wildman–Crippen MR) is 185 cm³/mol. The van der Waals surface area contributed by atoms with Crippen LogP contribution in [0.3, 0.4) is 0 Å². The first kappa shape index (κ1) is 34.4. The number of piperidine rings is 1.